The Bertz CT molecular complexity index is 721. The molecule has 0 bridgehead atoms. The number of aryl methyl sites for hydroxylation is 1. The Morgan fingerprint density at radius 1 is 1.42 bits per heavy atom. The number of nitrogens with zero attached hydrogens (tertiary/aromatic N) is 1. The zero-order valence-corrected chi connectivity index (χ0v) is 15.5. The Kier molecular flexibility index (Phi) is 5.36. The van der Waals surface area contributed by atoms with Gasteiger partial charge in [-0.3, -0.25) is 4.79 Å². The summed E-state index contributed by atoms with van der Waals surface area (Å²) >= 11 is 3.12. The molecule has 4 nitrogen and oxygen atoms in total. The third-order valence-electron chi connectivity index (χ3n) is 4.26. The second kappa shape index (κ2) is 7.49. The zero-order chi connectivity index (χ0) is 17.1. The molecule has 1 aliphatic rings. The van der Waals surface area contributed by atoms with Crippen LogP contribution in [-0.2, 0) is 28.9 Å². The number of amides is 1. The molecule has 24 heavy (non-hydrogen) atoms. The molecule has 0 saturated heterocycles. The summed E-state index contributed by atoms with van der Waals surface area (Å²) in [6.07, 6.45) is 3.24. The molecule has 1 atom stereocenters. The Labute approximate surface area is 150 Å². The summed E-state index contributed by atoms with van der Waals surface area (Å²) in [6.45, 7) is 2.57. The van der Waals surface area contributed by atoms with E-state index in [4.69, 9.17) is 4.74 Å². The molecule has 1 amide bonds. The lowest BCUT2D eigenvalue weighted by atomic mass is 9.90. The maximum absolute atomic E-state index is 12.2. The molecule has 0 saturated carbocycles. The van der Waals surface area contributed by atoms with E-state index in [1.165, 1.54) is 28.2 Å². The quantitative estimate of drug-likeness (QED) is 0.760. The summed E-state index contributed by atoms with van der Waals surface area (Å²) in [7, 11) is 1.72. The van der Waals surface area contributed by atoms with Crippen LogP contribution in [0.5, 0.6) is 0 Å². The molecule has 0 N–H and O–H groups in total. The van der Waals surface area contributed by atoms with Crippen LogP contribution in [-0.4, -0.2) is 30.4 Å². The minimum Gasteiger partial charge on any atom is -0.451 e. The minimum absolute atomic E-state index is 0.188. The van der Waals surface area contributed by atoms with E-state index in [-0.39, 0.29) is 18.5 Å². The Morgan fingerprint density at radius 3 is 3.00 bits per heavy atom. The average molecular weight is 364 g/mol. The second-order valence-electron chi connectivity index (χ2n) is 6.31. The molecule has 2 aromatic rings. The summed E-state index contributed by atoms with van der Waals surface area (Å²) in [5.74, 6) is 0.0927. The lowest BCUT2D eigenvalue weighted by molar-refractivity contribution is -0.133. The molecule has 0 radical (unpaired) electrons. The van der Waals surface area contributed by atoms with Crippen LogP contribution in [0.3, 0.4) is 0 Å². The van der Waals surface area contributed by atoms with Crippen molar-refractivity contribution >= 4 is 34.6 Å². The number of hydrogen-bond donors (Lipinski definition) is 0. The van der Waals surface area contributed by atoms with Crippen LogP contribution in [0.2, 0.25) is 0 Å². The first-order chi connectivity index (χ1) is 11.5. The molecular weight excluding hydrogens is 342 g/mol. The number of carbonyl (C=O) groups excluding carboxylic acids is 2. The number of carbonyl (C=O) groups is 2. The number of ether oxygens (including phenoxy) is 1. The molecule has 6 heteroatoms. The first-order valence-electron chi connectivity index (χ1n) is 8.08. The van der Waals surface area contributed by atoms with Crippen molar-refractivity contribution in [1.82, 2.24) is 4.90 Å². The lowest BCUT2D eigenvalue weighted by Crippen LogP contribution is -2.30. The molecule has 3 rings (SSSR count). The third kappa shape index (κ3) is 4.05. The number of hydrogen-bond acceptors (Lipinski definition) is 5. The monoisotopic (exact) mass is 363 g/mol. The molecule has 0 aliphatic heterocycles. The largest absolute Gasteiger partial charge is 0.451 e. The second-order valence-corrected chi connectivity index (χ2v) is 8.48. The van der Waals surface area contributed by atoms with Crippen molar-refractivity contribution in [2.75, 3.05) is 13.7 Å². The van der Waals surface area contributed by atoms with E-state index in [0.29, 0.717) is 17.3 Å². The van der Waals surface area contributed by atoms with E-state index < -0.39 is 0 Å². The van der Waals surface area contributed by atoms with E-state index in [0.717, 1.165) is 17.7 Å². The molecule has 2 aromatic heterocycles. The first-order valence-corrected chi connectivity index (χ1v) is 9.77. The molecule has 1 aliphatic carbocycles. The van der Waals surface area contributed by atoms with Crippen LogP contribution in [0.25, 0.3) is 0 Å². The van der Waals surface area contributed by atoms with E-state index in [9.17, 15) is 9.59 Å². The first kappa shape index (κ1) is 17.2. The van der Waals surface area contributed by atoms with Crippen molar-refractivity contribution in [2.45, 2.75) is 32.7 Å². The van der Waals surface area contributed by atoms with Gasteiger partial charge >= 0.3 is 5.97 Å². The van der Waals surface area contributed by atoms with Gasteiger partial charge in [-0.05, 0) is 48.3 Å². The van der Waals surface area contributed by atoms with E-state index >= 15 is 0 Å². The predicted molar refractivity (Wildman–Crippen MR) is 96.6 cm³/mol. The van der Waals surface area contributed by atoms with Gasteiger partial charge in [0.15, 0.2) is 6.61 Å². The van der Waals surface area contributed by atoms with Crippen molar-refractivity contribution in [3.05, 3.63) is 43.8 Å². The van der Waals surface area contributed by atoms with Crippen LogP contribution in [0, 0.1) is 5.92 Å². The third-order valence-corrected chi connectivity index (χ3v) is 6.33. The van der Waals surface area contributed by atoms with E-state index in [1.54, 1.807) is 23.3 Å². The van der Waals surface area contributed by atoms with Gasteiger partial charge in [0.1, 0.15) is 4.88 Å². The molecule has 0 aromatic carbocycles. The maximum atomic E-state index is 12.2. The molecule has 0 unspecified atom stereocenters. The fourth-order valence-electron chi connectivity index (χ4n) is 2.84. The predicted octanol–water partition coefficient (Wildman–Crippen LogP) is 3.75. The molecule has 128 valence electrons. The van der Waals surface area contributed by atoms with Gasteiger partial charge in [-0.1, -0.05) is 13.0 Å². The van der Waals surface area contributed by atoms with Crippen molar-refractivity contribution in [3.8, 4) is 0 Å². The summed E-state index contributed by atoms with van der Waals surface area (Å²) in [5, 5.41) is 1.98. The normalized spacial score (nSPS) is 16.5. The summed E-state index contributed by atoms with van der Waals surface area (Å²) in [6, 6.07) is 5.88. The Morgan fingerprint density at radius 2 is 2.25 bits per heavy atom. The average Bonchev–Trinajstić information content (AvgIpc) is 3.20. The van der Waals surface area contributed by atoms with Crippen molar-refractivity contribution in [1.29, 1.82) is 0 Å². The summed E-state index contributed by atoms with van der Waals surface area (Å²) < 4.78 is 5.22. The number of fused-ring (bicyclic) bond motifs is 1. The van der Waals surface area contributed by atoms with Gasteiger partial charge in [-0.25, -0.2) is 4.79 Å². The van der Waals surface area contributed by atoms with Crippen LogP contribution in [0.1, 0.15) is 38.3 Å². The molecule has 2 heterocycles. The molecule has 0 spiro atoms. The number of thiophene rings is 2. The van der Waals surface area contributed by atoms with Gasteiger partial charge in [-0.2, -0.15) is 0 Å². The topological polar surface area (TPSA) is 46.6 Å². The zero-order valence-electron chi connectivity index (χ0n) is 13.9. The van der Waals surface area contributed by atoms with Crippen molar-refractivity contribution in [2.24, 2.45) is 5.92 Å². The Hall–Kier alpha value is -1.66. The van der Waals surface area contributed by atoms with Gasteiger partial charge < -0.3 is 9.64 Å². The number of likely N-dealkylation sites (N-methyl/N-ethyl adjacent to an activating group) is 1. The summed E-state index contributed by atoms with van der Waals surface area (Å²) in [5.41, 5.74) is 1.27. The molecule has 0 fully saturated rings. The highest BCUT2D eigenvalue weighted by Crippen LogP contribution is 2.32. The van der Waals surface area contributed by atoms with Crippen LogP contribution < -0.4 is 0 Å². The lowest BCUT2D eigenvalue weighted by Gasteiger charge is -2.16. The molecular formula is C18H21NO3S2. The fourth-order valence-corrected chi connectivity index (χ4v) is 4.70. The van der Waals surface area contributed by atoms with Gasteiger partial charge in [0.25, 0.3) is 5.91 Å². The highest BCUT2D eigenvalue weighted by molar-refractivity contribution is 7.14. The number of rotatable bonds is 5. The smallest absolute Gasteiger partial charge is 0.348 e. The maximum Gasteiger partial charge on any atom is 0.348 e. The fraction of sp³-hybridized carbons (Fsp3) is 0.444. The number of esters is 1. The standard InChI is InChI=1S/C18H21NO3S2/c1-12-5-6-15-13(8-12)9-16(24-15)18(21)22-11-17(20)19(2)10-14-4-3-7-23-14/h3-4,7,9,12H,5-6,8,10-11H2,1-2H3/t12-/m0/s1. The van der Waals surface area contributed by atoms with Crippen LogP contribution >= 0.6 is 22.7 Å². The van der Waals surface area contributed by atoms with Gasteiger partial charge in [0.05, 0.1) is 6.54 Å². The van der Waals surface area contributed by atoms with Gasteiger partial charge in [-0.15, -0.1) is 22.7 Å². The van der Waals surface area contributed by atoms with Crippen LogP contribution in [0.4, 0.5) is 0 Å². The Balaban J connectivity index is 1.52. The van der Waals surface area contributed by atoms with Gasteiger partial charge in [0.2, 0.25) is 0 Å². The van der Waals surface area contributed by atoms with E-state index in [2.05, 4.69) is 6.92 Å². The highest BCUT2D eigenvalue weighted by atomic mass is 32.1. The van der Waals surface area contributed by atoms with Crippen molar-refractivity contribution in [3.63, 3.8) is 0 Å². The van der Waals surface area contributed by atoms with Crippen molar-refractivity contribution < 1.29 is 14.3 Å². The summed E-state index contributed by atoms with van der Waals surface area (Å²) in [4.78, 5) is 28.9. The SMILES string of the molecule is C[C@H]1CCc2sc(C(=O)OCC(=O)N(C)Cc3cccs3)cc2C1. The highest BCUT2D eigenvalue weighted by Gasteiger charge is 2.22. The van der Waals surface area contributed by atoms with Gasteiger partial charge in [0, 0.05) is 16.8 Å². The van der Waals surface area contributed by atoms with E-state index in [1.807, 2.05) is 23.6 Å². The van der Waals surface area contributed by atoms with Crippen LogP contribution in [0.15, 0.2) is 23.6 Å². The minimum atomic E-state index is -0.389.